The molecular weight excluding hydrogens is 114 g/mol. The van der Waals surface area contributed by atoms with Crippen LogP contribution in [0.1, 0.15) is 27.2 Å². The first-order chi connectivity index (χ1) is 4.04. The van der Waals surface area contributed by atoms with Crippen LogP contribution in [0, 0.1) is 5.92 Å². The van der Waals surface area contributed by atoms with Crippen molar-refractivity contribution in [2.75, 3.05) is 0 Å². The van der Waals surface area contributed by atoms with Gasteiger partial charge in [0.15, 0.2) is 0 Å². The number of hydrogen-bond donors (Lipinski definition) is 1. The average molecular weight is 129 g/mol. The van der Waals surface area contributed by atoms with Crippen molar-refractivity contribution in [3.63, 3.8) is 0 Å². The molecule has 0 aliphatic heterocycles. The van der Waals surface area contributed by atoms with Crippen molar-refractivity contribution in [3.8, 4) is 0 Å². The number of ketones is 1. The van der Waals surface area contributed by atoms with E-state index in [1.54, 1.807) is 0 Å². The lowest BCUT2D eigenvalue weighted by molar-refractivity contribution is -0.118. The molecule has 2 nitrogen and oxygen atoms in total. The molecule has 2 heteroatoms. The van der Waals surface area contributed by atoms with Gasteiger partial charge in [0.1, 0.15) is 5.78 Å². The van der Waals surface area contributed by atoms with Gasteiger partial charge in [0.05, 0.1) is 6.04 Å². The lowest BCUT2D eigenvalue weighted by atomic mass is 10.0. The van der Waals surface area contributed by atoms with Crippen molar-refractivity contribution >= 4 is 5.78 Å². The Kier molecular flexibility index (Phi) is 3.47. The van der Waals surface area contributed by atoms with Gasteiger partial charge >= 0.3 is 0 Å². The van der Waals surface area contributed by atoms with Crippen molar-refractivity contribution in [2.24, 2.45) is 11.7 Å². The van der Waals surface area contributed by atoms with E-state index in [-0.39, 0.29) is 11.8 Å². The maximum Gasteiger partial charge on any atom is 0.146 e. The molecule has 0 aliphatic carbocycles. The molecule has 0 radical (unpaired) electrons. The van der Waals surface area contributed by atoms with Crippen LogP contribution in [0.4, 0.5) is 0 Å². The van der Waals surface area contributed by atoms with Crippen LogP contribution in [0.15, 0.2) is 0 Å². The van der Waals surface area contributed by atoms with Crippen LogP contribution in [0.3, 0.4) is 0 Å². The fraction of sp³-hybridized carbons (Fsp3) is 0.857. The van der Waals surface area contributed by atoms with Gasteiger partial charge in [0.25, 0.3) is 0 Å². The monoisotopic (exact) mass is 129 g/mol. The Balaban J connectivity index is 3.50. The smallest absolute Gasteiger partial charge is 0.146 e. The molecule has 9 heavy (non-hydrogen) atoms. The SMILES string of the molecule is CC(=O)[C@H](N)CC(C)C. The van der Waals surface area contributed by atoms with Crippen molar-refractivity contribution < 1.29 is 4.79 Å². The minimum absolute atomic E-state index is 0.0868. The van der Waals surface area contributed by atoms with Crippen molar-refractivity contribution in [1.29, 1.82) is 0 Å². The molecule has 0 heterocycles. The minimum Gasteiger partial charge on any atom is -0.322 e. The molecule has 0 fully saturated rings. The second kappa shape index (κ2) is 3.62. The molecule has 54 valence electrons. The summed E-state index contributed by atoms with van der Waals surface area (Å²) in [7, 11) is 0. The van der Waals surface area contributed by atoms with E-state index in [1.165, 1.54) is 6.92 Å². The summed E-state index contributed by atoms with van der Waals surface area (Å²) in [4.78, 5) is 10.6. The van der Waals surface area contributed by atoms with E-state index in [0.717, 1.165) is 6.42 Å². The third-order valence-corrected chi connectivity index (χ3v) is 1.25. The van der Waals surface area contributed by atoms with Crippen molar-refractivity contribution in [3.05, 3.63) is 0 Å². The third-order valence-electron chi connectivity index (χ3n) is 1.25. The van der Waals surface area contributed by atoms with Crippen LogP contribution < -0.4 is 5.73 Å². The molecule has 0 rings (SSSR count). The molecule has 0 aromatic rings. The van der Waals surface area contributed by atoms with Gasteiger partial charge < -0.3 is 5.73 Å². The maximum atomic E-state index is 10.6. The van der Waals surface area contributed by atoms with Crippen LogP contribution in [0.5, 0.6) is 0 Å². The van der Waals surface area contributed by atoms with Gasteiger partial charge in [0, 0.05) is 0 Å². The van der Waals surface area contributed by atoms with Gasteiger partial charge in [-0.1, -0.05) is 13.8 Å². The Morgan fingerprint density at radius 3 is 2.11 bits per heavy atom. The zero-order chi connectivity index (χ0) is 7.44. The lowest BCUT2D eigenvalue weighted by Gasteiger charge is -2.08. The first kappa shape index (κ1) is 8.63. The summed E-state index contributed by atoms with van der Waals surface area (Å²) in [6.07, 6.45) is 0.801. The summed E-state index contributed by atoms with van der Waals surface area (Å²) >= 11 is 0. The number of rotatable bonds is 3. The molecule has 2 N–H and O–H groups in total. The fourth-order valence-corrected chi connectivity index (χ4v) is 0.674. The second-order valence-electron chi connectivity index (χ2n) is 2.85. The number of hydrogen-bond acceptors (Lipinski definition) is 2. The topological polar surface area (TPSA) is 43.1 Å². The normalized spacial score (nSPS) is 13.9. The maximum absolute atomic E-state index is 10.6. The Hall–Kier alpha value is -0.370. The first-order valence-corrected chi connectivity index (χ1v) is 3.30. The summed E-state index contributed by atoms with van der Waals surface area (Å²) < 4.78 is 0. The Morgan fingerprint density at radius 2 is 2.00 bits per heavy atom. The van der Waals surface area contributed by atoms with Crippen LogP contribution in [0.2, 0.25) is 0 Å². The molecule has 1 atom stereocenters. The van der Waals surface area contributed by atoms with Crippen LogP contribution >= 0.6 is 0 Å². The molecule has 0 saturated heterocycles. The Bertz CT molecular complexity index is 99.1. The molecule has 0 aliphatic rings. The largest absolute Gasteiger partial charge is 0.322 e. The number of carbonyl (C=O) groups excluding carboxylic acids is 1. The van der Waals surface area contributed by atoms with Gasteiger partial charge in [-0.2, -0.15) is 0 Å². The highest BCUT2D eigenvalue weighted by Crippen LogP contribution is 2.02. The second-order valence-corrected chi connectivity index (χ2v) is 2.85. The average Bonchev–Trinajstić information content (AvgIpc) is 1.63. The molecular formula is C7H15NO. The van der Waals surface area contributed by atoms with Crippen LogP contribution in [-0.4, -0.2) is 11.8 Å². The van der Waals surface area contributed by atoms with Crippen molar-refractivity contribution in [2.45, 2.75) is 33.2 Å². The number of carbonyl (C=O) groups is 1. The van der Waals surface area contributed by atoms with E-state index in [1.807, 2.05) is 0 Å². The van der Waals surface area contributed by atoms with Gasteiger partial charge in [-0.3, -0.25) is 4.79 Å². The minimum atomic E-state index is -0.245. The van der Waals surface area contributed by atoms with E-state index in [9.17, 15) is 4.79 Å². The molecule has 0 amide bonds. The Morgan fingerprint density at radius 1 is 1.56 bits per heavy atom. The zero-order valence-electron chi connectivity index (χ0n) is 6.35. The van der Waals surface area contributed by atoms with E-state index in [0.29, 0.717) is 5.92 Å². The number of nitrogens with two attached hydrogens (primary N) is 1. The van der Waals surface area contributed by atoms with Gasteiger partial charge in [-0.15, -0.1) is 0 Å². The van der Waals surface area contributed by atoms with Crippen LogP contribution in [0.25, 0.3) is 0 Å². The standard InChI is InChI=1S/C7H15NO/c1-5(2)4-7(8)6(3)9/h5,7H,4,8H2,1-3H3/t7-/m1/s1. The Labute approximate surface area is 56.4 Å². The predicted molar refractivity (Wildman–Crippen MR) is 38.1 cm³/mol. The lowest BCUT2D eigenvalue weighted by Crippen LogP contribution is -2.29. The quantitative estimate of drug-likeness (QED) is 0.616. The van der Waals surface area contributed by atoms with E-state index < -0.39 is 0 Å². The predicted octanol–water partition coefficient (Wildman–Crippen LogP) is 0.949. The molecule has 0 unspecified atom stereocenters. The highest BCUT2D eigenvalue weighted by Gasteiger charge is 2.08. The highest BCUT2D eigenvalue weighted by molar-refractivity contribution is 5.81. The summed E-state index contributed by atoms with van der Waals surface area (Å²) in [5, 5.41) is 0. The summed E-state index contributed by atoms with van der Waals surface area (Å²) in [6, 6.07) is -0.245. The summed E-state index contributed by atoms with van der Waals surface area (Å²) in [6.45, 7) is 5.65. The summed E-state index contributed by atoms with van der Waals surface area (Å²) in [5.74, 6) is 0.604. The highest BCUT2D eigenvalue weighted by atomic mass is 16.1. The van der Waals surface area contributed by atoms with E-state index >= 15 is 0 Å². The van der Waals surface area contributed by atoms with Gasteiger partial charge in [-0.25, -0.2) is 0 Å². The molecule has 0 bridgehead atoms. The van der Waals surface area contributed by atoms with Gasteiger partial charge in [0.2, 0.25) is 0 Å². The summed E-state index contributed by atoms with van der Waals surface area (Å²) in [5.41, 5.74) is 5.47. The van der Waals surface area contributed by atoms with E-state index in [4.69, 9.17) is 5.73 Å². The number of Topliss-reactive ketones (excluding diaryl/α,β-unsaturated/α-hetero) is 1. The zero-order valence-corrected chi connectivity index (χ0v) is 6.35. The van der Waals surface area contributed by atoms with E-state index in [2.05, 4.69) is 13.8 Å². The fourth-order valence-electron chi connectivity index (χ4n) is 0.674. The molecule has 0 aromatic heterocycles. The third kappa shape index (κ3) is 4.15. The van der Waals surface area contributed by atoms with Crippen LogP contribution in [-0.2, 0) is 4.79 Å². The molecule has 0 saturated carbocycles. The molecule has 0 aromatic carbocycles. The first-order valence-electron chi connectivity index (χ1n) is 3.30. The van der Waals surface area contributed by atoms with Crippen molar-refractivity contribution in [1.82, 2.24) is 0 Å². The van der Waals surface area contributed by atoms with Gasteiger partial charge in [-0.05, 0) is 19.3 Å². The molecule has 0 spiro atoms.